The zero-order valence-electron chi connectivity index (χ0n) is 63.1. The van der Waals surface area contributed by atoms with Crippen LogP contribution in [0.5, 0.6) is 5.75 Å². The van der Waals surface area contributed by atoms with Gasteiger partial charge in [0.25, 0.3) is 29.5 Å². The smallest absolute Gasteiger partial charge is 0.323 e. The number of ketones is 1. The molecule has 0 unspecified atom stereocenters. The van der Waals surface area contributed by atoms with Gasteiger partial charge in [0, 0.05) is 63.2 Å². The van der Waals surface area contributed by atoms with E-state index in [0.29, 0.717) is 107 Å². The molecule has 123 heavy (non-hydrogen) atoms. The highest BCUT2D eigenvalue weighted by molar-refractivity contribution is 8.28. The Labute approximate surface area is 759 Å². The number of halogens is 5. The van der Waals surface area contributed by atoms with Crippen molar-refractivity contribution in [3.8, 4) is 62.4 Å². The van der Waals surface area contributed by atoms with Crippen LogP contribution in [0.25, 0.3) is 87.0 Å². The minimum absolute atomic E-state index is 0.0692. The molecule has 628 valence electrons. The van der Waals surface area contributed by atoms with Crippen LogP contribution in [0.1, 0.15) is 41.3 Å². The lowest BCUT2D eigenvalue weighted by Gasteiger charge is -2.11. The molecule has 4 N–H and O–H groups in total. The van der Waals surface area contributed by atoms with Gasteiger partial charge >= 0.3 is 23.9 Å². The number of aliphatic carboxylic acids is 4. The molecular weight excluding hydrogens is 1850 g/mol. The molecule has 0 radical (unpaired) electrons. The fourth-order valence-electron chi connectivity index (χ4n) is 11.0. The summed E-state index contributed by atoms with van der Waals surface area (Å²) in [5.74, 6) is -2.72. The summed E-state index contributed by atoms with van der Waals surface area (Å²) in [6.07, 6.45) is 7.74. The number of carbonyl (C=O) groups is 10. The van der Waals surface area contributed by atoms with Crippen molar-refractivity contribution in [2.45, 2.75) is 13.8 Å². The van der Waals surface area contributed by atoms with Crippen LogP contribution in [0.15, 0.2) is 216 Å². The van der Waals surface area contributed by atoms with Crippen LogP contribution in [0.4, 0.5) is 8.78 Å². The number of benzene rings is 5. The molecule has 40 heteroatoms. The van der Waals surface area contributed by atoms with E-state index in [9.17, 15) is 56.7 Å². The fraction of sp³-hybridized carbons (Fsp3) is 0.0964. The van der Waals surface area contributed by atoms with Gasteiger partial charge in [0.1, 0.15) is 117 Å². The summed E-state index contributed by atoms with van der Waals surface area (Å²) >= 11 is 48.4. The van der Waals surface area contributed by atoms with Crippen molar-refractivity contribution < 1.29 is 104 Å². The Hall–Kier alpha value is -11.2. The maximum absolute atomic E-state index is 13.3. The molecule has 0 saturated carbocycles. The lowest BCUT2D eigenvalue weighted by Crippen LogP contribution is -2.33. The van der Waals surface area contributed by atoms with E-state index < -0.39 is 85.3 Å². The summed E-state index contributed by atoms with van der Waals surface area (Å²) in [5, 5.41) is 36.8. The number of hydrogen-bond acceptors (Lipinski definition) is 26. The van der Waals surface area contributed by atoms with Gasteiger partial charge in [0.05, 0.1) is 48.2 Å². The van der Waals surface area contributed by atoms with Crippen LogP contribution < -0.4 is 4.74 Å². The number of carbonyl (C=O) groups excluding carboxylic acids is 6. The first kappa shape index (κ1) is 92.5. The molecule has 5 fully saturated rings. The Morgan fingerprint density at radius 2 is 0.667 bits per heavy atom. The molecule has 0 spiro atoms. The lowest BCUT2D eigenvalue weighted by atomic mass is 10.1. The first-order valence-electron chi connectivity index (χ1n) is 35.1. The van der Waals surface area contributed by atoms with Gasteiger partial charge in [-0.1, -0.05) is 178 Å². The predicted molar refractivity (Wildman–Crippen MR) is 488 cm³/mol. The van der Waals surface area contributed by atoms with Crippen LogP contribution in [0.3, 0.4) is 0 Å². The maximum atomic E-state index is 13.3. The van der Waals surface area contributed by atoms with Crippen LogP contribution >= 0.6 is 155 Å². The summed E-state index contributed by atoms with van der Waals surface area (Å²) in [5.41, 5.74) is 4.93. The molecule has 0 bridgehead atoms. The Balaban J connectivity index is 0.000000150. The summed E-state index contributed by atoms with van der Waals surface area (Å²) in [4.78, 5) is 123. The monoisotopic (exact) mass is 1900 g/mol. The van der Waals surface area contributed by atoms with Crippen LogP contribution in [-0.2, 0) is 47.9 Å². The van der Waals surface area contributed by atoms with Crippen molar-refractivity contribution in [3.05, 3.63) is 255 Å². The van der Waals surface area contributed by atoms with Gasteiger partial charge in [-0.15, -0.1) is 0 Å². The second-order valence-corrected chi connectivity index (χ2v) is 35.1. The molecule has 5 aliphatic heterocycles. The van der Waals surface area contributed by atoms with Gasteiger partial charge in [-0.3, -0.25) is 72.4 Å². The van der Waals surface area contributed by atoms with Crippen molar-refractivity contribution in [1.29, 1.82) is 0 Å². The second kappa shape index (κ2) is 41.8. The molecule has 25 nitrogen and oxygen atoms in total. The number of Topliss-reactive ketones (excluding diaryl/α,β-unsaturated/α-hetero) is 1. The van der Waals surface area contributed by atoms with Crippen LogP contribution in [0, 0.1) is 18.6 Å². The van der Waals surface area contributed by atoms with E-state index in [4.69, 9.17) is 143 Å². The van der Waals surface area contributed by atoms with Crippen molar-refractivity contribution in [3.63, 3.8) is 0 Å². The van der Waals surface area contributed by atoms with Gasteiger partial charge in [0.15, 0.2) is 11.6 Å². The molecule has 15 rings (SSSR count). The average molecular weight is 1910 g/mol. The molecule has 5 saturated heterocycles. The highest BCUT2D eigenvalue weighted by Gasteiger charge is 2.38. The molecule has 10 aromatic rings. The Bertz CT molecular complexity index is 6000. The number of ether oxygens (including phenoxy) is 1. The zero-order valence-corrected chi connectivity index (χ0v) is 73.6. The van der Waals surface area contributed by atoms with Crippen molar-refractivity contribution in [2.75, 3.05) is 39.8 Å². The molecular formula is C83H56Cl3F2N5O20S10. The van der Waals surface area contributed by atoms with Gasteiger partial charge in [-0.25, -0.2) is 8.78 Å². The van der Waals surface area contributed by atoms with Gasteiger partial charge in [-0.05, 0) is 166 Å². The van der Waals surface area contributed by atoms with Crippen molar-refractivity contribution >= 4 is 266 Å². The van der Waals surface area contributed by atoms with E-state index in [0.717, 1.165) is 124 Å². The number of thioether (sulfide) groups is 5. The van der Waals surface area contributed by atoms with Gasteiger partial charge in [0.2, 0.25) is 0 Å². The molecule has 10 heterocycles. The standard InChI is InChI=1S/C17H11F2NO3S2.C17H13NO5S2.C17H13NO4S2.C16H9Cl2NO4S2.C16H10ClNO4S2/c1-9(21)8-20-16(22)15(25-17(20)24)7-11-3-5-14(23-11)10-2-4-12(18)13(19)6-10;1-22-11-4-2-10(3-5-11)13-7-6-12(23-13)8-14-16(21)18(9-15(19)20)17(24)25-14;1-10-3-2-4-11(7-10)13-6-5-12(22-13)8-14-16(21)18(9-15(19)20)17(23)24-14;17-10-3-1-8(5-11(10)18)12-4-2-9(23-12)6-13-15(22)19(7-14(20)21)16(24)25-13;17-10-3-1-9(2-4-10)12-6-5-11(22-12)7-13-15(21)18(8-14(19)20)16(23)24-13/h2-7H,8H2,1H3;2-8H,9H2,1H3,(H,19,20);2-8H,9H2,1H3,(H,19,20);1-6H,7H2,(H,20,21);1-7H,8H2,(H,19,20)/b15-7-;2*14-8-;13-6-;13-7-. The first-order chi connectivity index (χ1) is 58.5. The predicted octanol–water partition coefficient (Wildman–Crippen LogP) is 19.2. The number of thiocarbonyl (C=S) groups is 5. The first-order valence-corrected chi connectivity index (χ1v) is 42.3. The normalized spacial score (nSPS) is 16.1. The number of nitrogens with zero attached hydrogens (tertiary/aromatic N) is 5. The summed E-state index contributed by atoms with van der Waals surface area (Å²) in [7, 11) is 1.60. The topological polar surface area (TPSA) is 343 Å². The highest BCUT2D eigenvalue weighted by atomic mass is 35.5. The summed E-state index contributed by atoms with van der Waals surface area (Å²) in [6, 6.07) is 48.3. The largest absolute Gasteiger partial charge is 0.497 e. The highest BCUT2D eigenvalue weighted by Crippen LogP contribution is 2.41. The molecule has 5 aliphatic rings. The van der Waals surface area contributed by atoms with E-state index in [2.05, 4.69) is 0 Å². The molecule has 0 aliphatic carbocycles. The third-order valence-electron chi connectivity index (χ3n) is 16.6. The maximum Gasteiger partial charge on any atom is 0.323 e. The number of hydrogen-bond donors (Lipinski definition) is 4. The third-order valence-corrected chi connectivity index (χ3v) is 24.5. The Kier molecular flexibility index (Phi) is 31.5. The molecule has 5 aromatic heterocycles. The Morgan fingerprint density at radius 3 is 0.967 bits per heavy atom. The lowest BCUT2D eigenvalue weighted by molar-refractivity contribution is -0.140. The van der Waals surface area contributed by atoms with Gasteiger partial charge < -0.3 is 47.2 Å². The van der Waals surface area contributed by atoms with E-state index in [1.54, 1.807) is 110 Å². The average Bonchev–Trinajstić information content (AvgIpc) is 1.69. The molecule has 5 amide bonds. The second-order valence-electron chi connectivity index (χ2n) is 25.5. The molecule has 0 atom stereocenters. The quantitative estimate of drug-likeness (QED) is 0.0383. The van der Waals surface area contributed by atoms with E-state index in [1.807, 2.05) is 73.7 Å². The van der Waals surface area contributed by atoms with Crippen LogP contribution in [-0.4, -0.2) is 166 Å². The van der Waals surface area contributed by atoms with Gasteiger partial charge in [-0.2, -0.15) is 0 Å². The Morgan fingerprint density at radius 1 is 0.374 bits per heavy atom. The summed E-state index contributed by atoms with van der Waals surface area (Å²) in [6.45, 7) is 1.52. The number of furan rings is 5. The number of rotatable bonds is 21. The van der Waals surface area contributed by atoms with Crippen molar-refractivity contribution in [2.24, 2.45) is 0 Å². The summed E-state index contributed by atoms with van der Waals surface area (Å²) < 4.78 is 61.1. The minimum atomic E-state index is -1.13. The SMILES string of the molecule is CC(=O)CN1C(=O)/C(=C/c2ccc(-c3ccc(F)c(F)c3)o2)SC1=S.COc1ccc(-c2ccc(/C=C3\SC(=S)N(CC(=O)O)C3=O)o2)cc1.Cc1cccc(-c2ccc(/C=C3\SC(=S)N(CC(=O)O)C3=O)o2)c1.O=C(O)CN1C(=O)/C(=C/c2ccc(-c3ccc(Cl)c(Cl)c3)o2)SC1=S.O=C(O)CN1C(=O)/C(=C/c2ccc(-c3ccc(Cl)cc3)o2)SC1=S. The van der Waals surface area contributed by atoms with Crippen LogP contribution in [0.2, 0.25) is 15.1 Å². The number of carboxylic acid groups (broad SMARTS) is 4. The number of methoxy groups -OCH3 is 1. The van der Waals surface area contributed by atoms with E-state index in [1.165, 1.54) is 30.0 Å². The number of amides is 5. The number of carboxylic acids is 4. The van der Waals surface area contributed by atoms with E-state index >= 15 is 0 Å². The molecule has 5 aromatic carbocycles. The fourth-order valence-corrected chi connectivity index (χ4v) is 17.6. The zero-order chi connectivity index (χ0) is 88.8. The van der Waals surface area contributed by atoms with E-state index in [-0.39, 0.29) is 35.5 Å². The number of aryl methyl sites for hydroxylation is 1. The third kappa shape index (κ3) is 24.4. The minimum Gasteiger partial charge on any atom is -0.497 e. The van der Waals surface area contributed by atoms with Crippen molar-refractivity contribution in [1.82, 2.24) is 24.5 Å².